The Morgan fingerprint density at radius 3 is 2.59 bits per heavy atom. The maximum atomic E-state index is 12.5. The first kappa shape index (κ1) is 25.1. The van der Waals surface area contributed by atoms with Crippen molar-refractivity contribution in [2.24, 2.45) is 10.2 Å². The Bertz CT molecular complexity index is 1490. The summed E-state index contributed by atoms with van der Waals surface area (Å²) >= 11 is 13.4. The van der Waals surface area contributed by atoms with Crippen LogP contribution in [0, 0.1) is 0 Å². The van der Waals surface area contributed by atoms with Crippen molar-refractivity contribution in [3.63, 3.8) is 0 Å². The molecule has 2 heterocycles. The van der Waals surface area contributed by atoms with Crippen molar-refractivity contribution in [2.45, 2.75) is 11.7 Å². The average molecular weight is 550 g/mol. The highest BCUT2D eigenvalue weighted by molar-refractivity contribution is 8.15. The number of hydrogen-bond donors (Lipinski definition) is 1. The van der Waals surface area contributed by atoms with Gasteiger partial charge < -0.3 is 10.1 Å². The summed E-state index contributed by atoms with van der Waals surface area (Å²) in [6.07, 6.45) is 4.03. The maximum absolute atomic E-state index is 12.5. The van der Waals surface area contributed by atoms with Gasteiger partial charge in [-0.3, -0.25) is 4.79 Å². The van der Waals surface area contributed by atoms with Crippen LogP contribution in [0.25, 0.3) is 16.9 Å². The van der Waals surface area contributed by atoms with Gasteiger partial charge in [0.1, 0.15) is 11.4 Å². The predicted octanol–water partition coefficient (Wildman–Crippen LogP) is 6.02. The van der Waals surface area contributed by atoms with Crippen molar-refractivity contribution in [1.82, 2.24) is 15.1 Å². The van der Waals surface area contributed by atoms with E-state index in [1.807, 2.05) is 66.9 Å². The SMILES string of the molecule is COc1ccc(-c2nn(-c3ccccc3)cc2/C=N/N=C2\NC(=O)C(Cc3ccc(Cl)c(Cl)c3)S2)cc1. The number of rotatable bonds is 7. The molecular weight excluding hydrogens is 529 g/mol. The zero-order valence-electron chi connectivity index (χ0n) is 19.6. The van der Waals surface area contributed by atoms with Gasteiger partial charge in [0, 0.05) is 17.3 Å². The Morgan fingerprint density at radius 1 is 1.08 bits per heavy atom. The average Bonchev–Trinajstić information content (AvgIpc) is 3.50. The van der Waals surface area contributed by atoms with Crippen molar-refractivity contribution in [1.29, 1.82) is 0 Å². The molecule has 1 N–H and O–H groups in total. The van der Waals surface area contributed by atoms with Gasteiger partial charge in [-0.2, -0.15) is 10.2 Å². The number of para-hydroxylation sites is 1. The number of amidine groups is 1. The van der Waals surface area contributed by atoms with Gasteiger partial charge in [0.05, 0.1) is 34.3 Å². The van der Waals surface area contributed by atoms with Gasteiger partial charge in [0.15, 0.2) is 5.17 Å². The molecule has 1 saturated heterocycles. The molecule has 0 aliphatic carbocycles. The molecule has 1 aliphatic heterocycles. The third-order valence-corrected chi connectivity index (χ3v) is 7.46. The van der Waals surface area contributed by atoms with Gasteiger partial charge >= 0.3 is 0 Å². The van der Waals surface area contributed by atoms with Gasteiger partial charge in [0.2, 0.25) is 5.91 Å². The standard InChI is InChI=1S/C27H21Cl2N5O2S/c1-36-21-10-8-18(9-11-21)25-19(16-34(33-25)20-5-3-2-4-6-20)15-30-32-27-31-26(35)24(37-27)14-17-7-12-22(28)23(29)13-17/h2-13,15-16,24H,14H2,1H3,(H,31,32,35)/b30-15+. The Kier molecular flexibility index (Phi) is 7.60. The van der Waals surface area contributed by atoms with Crippen LogP contribution >= 0.6 is 35.0 Å². The van der Waals surface area contributed by atoms with Crippen LogP contribution in [0.3, 0.4) is 0 Å². The third-order valence-electron chi connectivity index (χ3n) is 5.65. The van der Waals surface area contributed by atoms with Gasteiger partial charge in [-0.1, -0.05) is 59.2 Å². The summed E-state index contributed by atoms with van der Waals surface area (Å²) in [7, 11) is 1.63. The molecule has 1 unspecified atom stereocenters. The minimum atomic E-state index is -0.332. The second kappa shape index (κ2) is 11.2. The zero-order valence-corrected chi connectivity index (χ0v) is 22.0. The highest BCUT2D eigenvalue weighted by Crippen LogP contribution is 2.28. The monoisotopic (exact) mass is 549 g/mol. The van der Waals surface area contributed by atoms with Crippen LogP contribution in [0.1, 0.15) is 11.1 Å². The molecular formula is C27H21Cl2N5O2S. The molecule has 0 spiro atoms. The van der Waals surface area contributed by atoms with E-state index in [0.29, 0.717) is 21.6 Å². The number of aromatic nitrogens is 2. The molecule has 37 heavy (non-hydrogen) atoms. The zero-order chi connectivity index (χ0) is 25.8. The lowest BCUT2D eigenvalue weighted by molar-refractivity contribution is -0.118. The first-order valence-electron chi connectivity index (χ1n) is 11.3. The van der Waals surface area contributed by atoms with E-state index >= 15 is 0 Å². The van der Waals surface area contributed by atoms with Crippen LogP contribution in [0.4, 0.5) is 0 Å². The smallest absolute Gasteiger partial charge is 0.239 e. The highest BCUT2D eigenvalue weighted by atomic mass is 35.5. The second-order valence-electron chi connectivity index (χ2n) is 8.14. The Labute approximate surface area is 228 Å². The van der Waals surface area contributed by atoms with E-state index in [0.717, 1.165) is 33.8 Å². The lowest BCUT2D eigenvalue weighted by Gasteiger charge is -2.06. The van der Waals surface area contributed by atoms with Crippen molar-refractivity contribution < 1.29 is 9.53 Å². The number of hydrogen-bond acceptors (Lipinski definition) is 6. The number of halogens is 2. The fourth-order valence-electron chi connectivity index (χ4n) is 3.78. The molecule has 10 heteroatoms. The second-order valence-corrected chi connectivity index (χ2v) is 10.1. The molecule has 3 aromatic carbocycles. The number of benzene rings is 3. The van der Waals surface area contributed by atoms with Crippen molar-refractivity contribution in [3.8, 4) is 22.7 Å². The number of thioether (sulfide) groups is 1. The van der Waals surface area contributed by atoms with E-state index in [-0.39, 0.29) is 11.2 Å². The predicted molar refractivity (Wildman–Crippen MR) is 150 cm³/mol. The molecule has 1 atom stereocenters. The van der Waals surface area contributed by atoms with Gasteiger partial charge in [0.25, 0.3) is 0 Å². The number of amides is 1. The third kappa shape index (κ3) is 5.88. The summed E-state index contributed by atoms with van der Waals surface area (Å²) in [6.45, 7) is 0. The van der Waals surface area contributed by atoms with Crippen LogP contribution in [0.5, 0.6) is 5.75 Å². The summed E-state index contributed by atoms with van der Waals surface area (Å²) in [5.41, 5.74) is 4.28. The molecule has 1 aliphatic rings. The molecule has 0 radical (unpaired) electrons. The number of carbonyl (C=O) groups is 1. The minimum Gasteiger partial charge on any atom is -0.497 e. The fraction of sp³-hybridized carbons (Fsp3) is 0.111. The summed E-state index contributed by atoms with van der Waals surface area (Å²) in [5.74, 6) is 0.637. The molecule has 1 aromatic heterocycles. The fourth-order valence-corrected chi connectivity index (χ4v) is 5.06. The molecule has 186 valence electrons. The molecule has 1 amide bonds. The Morgan fingerprint density at radius 2 is 1.86 bits per heavy atom. The molecule has 7 nitrogen and oxygen atoms in total. The minimum absolute atomic E-state index is 0.124. The highest BCUT2D eigenvalue weighted by Gasteiger charge is 2.30. The van der Waals surface area contributed by atoms with E-state index in [4.69, 9.17) is 33.0 Å². The summed E-state index contributed by atoms with van der Waals surface area (Å²) in [6, 6.07) is 22.8. The summed E-state index contributed by atoms with van der Waals surface area (Å²) in [4.78, 5) is 12.5. The largest absolute Gasteiger partial charge is 0.497 e. The lowest BCUT2D eigenvalue weighted by Crippen LogP contribution is -2.25. The van der Waals surface area contributed by atoms with E-state index in [2.05, 4.69) is 15.5 Å². The molecule has 5 rings (SSSR count). The Hall–Kier alpha value is -3.59. The first-order valence-corrected chi connectivity index (χ1v) is 13.0. The normalized spacial score (nSPS) is 16.5. The number of nitrogens with one attached hydrogen (secondary N) is 1. The van der Waals surface area contributed by atoms with Crippen LogP contribution < -0.4 is 10.1 Å². The van der Waals surface area contributed by atoms with Gasteiger partial charge in [-0.25, -0.2) is 4.68 Å². The maximum Gasteiger partial charge on any atom is 0.239 e. The number of methoxy groups -OCH3 is 1. The summed E-state index contributed by atoms with van der Waals surface area (Å²) in [5, 5.41) is 17.1. The number of ether oxygens (including phenoxy) is 1. The summed E-state index contributed by atoms with van der Waals surface area (Å²) < 4.78 is 7.08. The Balaban J connectivity index is 1.37. The number of carbonyl (C=O) groups excluding carboxylic acids is 1. The van der Waals surface area contributed by atoms with E-state index in [1.54, 1.807) is 30.1 Å². The van der Waals surface area contributed by atoms with Crippen LogP contribution in [0.2, 0.25) is 10.0 Å². The molecule has 0 saturated carbocycles. The molecule has 4 aromatic rings. The van der Waals surface area contributed by atoms with Gasteiger partial charge in [-0.05, 0) is 60.5 Å². The van der Waals surface area contributed by atoms with Crippen molar-refractivity contribution >= 4 is 52.3 Å². The lowest BCUT2D eigenvalue weighted by atomic mass is 10.1. The topological polar surface area (TPSA) is 80.9 Å². The van der Waals surface area contributed by atoms with E-state index in [9.17, 15) is 4.79 Å². The van der Waals surface area contributed by atoms with Crippen LogP contribution in [-0.2, 0) is 11.2 Å². The molecule has 1 fully saturated rings. The van der Waals surface area contributed by atoms with E-state index in [1.165, 1.54) is 11.8 Å². The quantitative estimate of drug-likeness (QED) is 0.226. The van der Waals surface area contributed by atoms with Crippen molar-refractivity contribution in [3.05, 3.63) is 100 Å². The van der Waals surface area contributed by atoms with Crippen molar-refractivity contribution in [2.75, 3.05) is 7.11 Å². The van der Waals surface area contributed by atoms with Crippen LogP contribution in [0.15, 0.2) is 89.2 Å². The first-order chi connectivity index (χ1) is 18.0. The van der Waals surface area contributed by atoms with Crippen LogP contribution in [-0.4, -0.2) is 39.4 Å². The van der Waals surface area contributed by atoms with Gasteiger partial charge in [-0.15, -0.1) is 5.10 Å². The molecule has 0 bridgehead atoms. The van der Waals surface area contributed by atoms with E-state index < -0.39 is 0 Å². The number of nitrogens with zero attached hydrogens (tertiary/aromatic N) is 4.